The first-order valence-electron chi connectivity index (χ1n) is 5.04. The van der Waals surface area contributed by atoms with Gasteiger partial charge >= 0.3 is 5.97 Å². The van der Waals surface area contributed by atoms with Crippen molar-refractivity contribution in [3.05, 3.63) is 17.8 Å². The lowest BCUT2D eigenvalue weighted by Gasteiger charge is -2.17. The Labute approximate surface area is 97.5 Å². The highest BCUT2D eigenvalue weighted by molar-refractivity contribution is 5.93. The molecule has 0 aliphatic heterocycles. The molecule has 17 heavy (non-hydrogen) atoms. The van der Waals surface area contributed by atoms with E-state index in [-0.39, 0.29) is 5.69 Å². The van der Waals surface area contributed by atoms with Gasteiger partial charge in [0.1, 0.15) is 5.76 Å². The fraction of sp³-hybridized carbons (Fsp3) is 0.500. The minimum absolute atomic E-state index is 0.105. The summed E-state index contributed by atoms with van der Waals surface area (Å²) in [6.07, 6.45) is 1.64. The number of carboxylic acid groups (broad SMARTS) is 1. The number of carboxylic acids is 1. The van der Waals surface area contributed by atoms with E-state index in [1.807, 2.05) is 0 Å². The highest BCUT2D eigenvalue weighted by Crippen LogP contribution is 2.08. The number of aryl methyl sites for hydroxylation is 1. The van der Waals surface area contributed by atoms with Gasteiger partial charge in [0.15, 0.2) is 17.7 Å². The molecule has 1 unspecified atom stereocenters. The summed E-state index contributed by atoms with van der Waals surface area (Å²) < 4.78 is 4.96. The predicted molar refractivity (Wildman–Crippen MR) is 56.5 cm³/mol. The van der Waals surface area contributed by atoms with Crippen molar-refractivity contribution in [1.82, 2.24) is 10.3 Å². The second-order valence-electron chi connectivity index (χ2n) is 3.74. The van der Waals surface area contributed by atoms with Gasteiger partial charge in [0.2, 0.25) is 0 Å². The molecule has 1 atom stereocenters. The van der Waals surface area contributed by atoms with Crippen molar-refractivity contribution in [2.45, 2.75) is 25.9 Å². The Morgan fingerprint density at radius 1 is 1.59 bits per heavy atom. The average Bonchev–Trinajstić information content (AvgIpc) is 2.73. The third-order valence-electron chi connectivity index (χ3n) is 2.23. The van der Waals surface area contributed by atoms with E-state index >= 15 is 0 Å². The number of oxazole rings is 1. The van der Waals surface area contributed by atoms with Crippen molar-refractivity contribution < 1.29 is 24.2 Å². The number of nitrogens with zero attached hydrogens (tertiary/aromatic N) is 1. The van der Waals surface area contributed by atoms with Crippen LogP contribution in [0.25, 0.3) is 0 Å². The molecule has 0 aliphatic rings. The number of hydrogen-bond acceptors (Lipinski definition) is 5. The van der Waals surface area contributed by atoms with Crippen molar-refractivity contribution in [3.8, 4) is 0 Å². The standard InChI is InChI=1S/C10H14N2O5/c1-3-6-7(12-5-17-6)8(13)11-4-10(2,16)9(14)15/h5,16H,3-4H2,1-2H3,(H,11,13)(H,14,15). The van der Waals surface area contributed by atoms with Gasteiger partial charge in [-0.05, 0) is 6.92 Å². The maximum absolute atomic E-state index is 11.6. The molecule has 94 valence electrons. The van der Waals surface area contributed by atoms with Crippen LogP contribution in [-0.2, 0) is 11.2 Å². The number of rotatable bonds is 5. The van der Waals surface area contributed by atoms with Crippen molar-refractivity contribution in [1.29, 1.82) is 0 Å². The Morgan fingerprint density at radius 3 is 2.76 bits per heavy atom. The van der Waals surface area contributed by atoms with Gasteiger partial charge in [-0.15, -0.1) is 0 Å². The van der Waals surface area contributed by atoms with E-state index < -0.39 is 24.0 Å². The Kier molecular flexibility index (Phi) is 3.84. The van der Waals surface area contributed by atoms with E-state index in [1.165, 1.54) is 0 Å². The number of hydrogen-bond donors (Lipinski definition) is 3. The molecule has 0 radical (unpaired) electrons. The second kappa shape index (κ2) is 4.96. The molecule has 0 aliphatic carbocycles. The maximum atomic E-state index is 11.6. The number of amides is 1. The van der Waals surface area contributed by atoms with Gasteiger partial charge in [-0.1, -0.05) is 6.92 Å². The lowest BCUT2D eigenvalue weighted by Crippen LogP contribution is -2.46. The van der Waals surface area contributed by atoms with Gasteiger partial charge in [0.05, 0.1) is 6.54 Å². The van der Waals surface area contributed by atoms with Gasteiger partial charge in [-0.3, -0.25) is 4.79 Å². The smallest absolute Gasteiger partial charge is 0.337 e. The molecule has 1 amide bonds. The Balaban J connectivity index is 2.65. The van der Waals surface area contributed by atoms with E-state index in [4.69, 9.17) is 9.52 Å². The Morgan fingerprint density at radius 2 is 2.24 bits per heavy atom. The first-order chi connectivity index (χ1) is 7.88. The van der Waals surface area contributed by atoms with Crippen molar-refractivity contribution >= 4 is 11.9 Å². The quantitative estimate of drug-likeness (QED) is 0.659. The summed E-state index contributed by atoms with van der Waals surface area (Å²) >= 11 is 0. The molecule has 0 saturated carbocycles. The highest BCUT2D eigenvalue weighted by atomic mass is 16.4. The van der Waals surface area contributed by atoms with Gasteiger partial charge in [0.25, 0.3) is 5.91 Å². The Bertz CT molecular complexity index is 424. The molecule has 0 fully saturated rings. The molecule has 1 heterocycles. The van der Waals surface area contributed by atoms with Gasteiger partial charge < -0.3 is 19.9 Å². The number of nitrogens with one attached hydrogen (secondary N) is 1. The molecule has 0 aromatic carbocycles. The van der Waals surface area contributed by atoms with Crippen LogP contribution < -0.4 is 5.32 Å². The molecule has 0 saturated heterocycles. The largest absolute Gasteiger partial charge is 0.479 e. The summed E-state index contributed by atoms with van der Waals surface area (Å²) in [6, 6.07) is 0. The molecule has 7 nitrogen and oxygen atoms in total. The van der Waals surface area contributed by atoms with Crippen molar-refractivity contribution in [2.24, 2.45) is 0 Å². The fourth-order valence-corrected chi connectivity index (χ4v) is 1.12. The van der Waals surface area contributed by atoms with E-state index in [9.17, 15) is 14.7 Å². The van der Waals surface area contributed by atoms with Crippen LogP contribution in [-0.4, -0.2) is 39.2 Å². The molecular weight excluding hydrogens is 228 g/mol. The van der Waals surface area contributed by atoms with Crippen LogP contribution in [0.5, 0.6) is 0 Å². The van der Waals surface area contributed by atoms with Crippen LogP contribution in [0.15, 0.2) is 10.8 Å². The molecule has 1 aromatic heterocycles. The van der Waals surface area contributed by atoms with Crippen LogP contribution in [0.2, 0.25) is 0 Å². The summed E-state index contributed by atoms with van der Waals surface area (Å²) in [5, 5.41) is 20.3. The minimum atomic E-state index is -2.01. The summed E-state index contributed by atoms with van der Waals surface area (Å²) in [4.78, 5) is 25.9. The lowest BCUT2D eigenvalue weighted by atomic mass is 10.1. The van der Waals surface area contributed by atoms with Crippen LogP contribution in [0.4, 0.5) is 0 Å². The first-order valence-corrected chi connectivity index (χ1v) is 5.04. The number of aromatic nitrogens is 1. The molecule has 1 rings (SSSR count). The number of aliphatic carboxylic acids is 1. The van der Waals surface area contributed by atoms with Crippen LogP contribution in [0.1, 0.15) is 30.1 Å². The van der Waals surface area contributed by atoms with E-state index in [1.54, 1.807) is 6.92 Å². The number of carbonyl (C=O) groups is 2. The molecule has 1 aromatic rings. The molecule has 7 heteroatoms. The van der Waals surface area contributed by atoms with Gasteiger partial charge in [-0.2, -0.15) is 0 Å². The SMILES string of the molecule is CCc1ocnc1C(=O)NCC(C)(O)C(=O)O. The van der Waals surface area contributed by atoms with Crippen LogP contribution >= 0.6 is 0 Å². The zero-order valence-electron chi connectivity index (χ0n) is 9.56. The monoisotopic (exact) mass is 242 g/mol. The number of carbonyl (C=O) groups excluding carboxylic acids is 1. The lowest BCUT2D eigenvalue weighted by molar-refractivity contribution is -0.155. The summed E-state index contributed by atoms with van der Waals surface area (Å²) in [7, 11) is 0. The third kappa shape index (κ3) is 3.04. The van der Waals surface area contributed by atoms with Crippen LogP contribution in [0, 0.1) is 0 Å². The van der Waals surface area contributed by atoms with E-state index in [0.29, 0.717) is 12.2 Å². The fourth-order valence-electron chi connectivity index (χ4n) is 1.12. The molecule has 0 spiro atoms. The third-order valence-corrected chi connectivity index (χ3v) is 2.23. The second-order valence-corrected chi connectivity index (χ2v) is 3.74. The van der Waals surface area contributed by atoms with Gasteiger partial charge in [-0.25, -0.2) is 9.78 Å². The van der Waals surface area contributed by atoms with Gasteiger partial charge in [0, 0.05) is 6.42 Å². The minimum Gasteiger partial charge on any atom is -0.479 e. The summed E-state index contributed by atoms with van der Waals surface area (Å²) in [5.41, 5.74) is -1.90. The topological polar surface area (TPSA) is 113 Å². The first kappa shape index (κ1) is 13.2. The summed E-state index contributed by atoms with van der Waals surface area (Å²) in [6.45, 7) is 2.49. The van der Waals surface area contributed by atoms with Crippen molar-refractivity contribution in [3.63, 3.8) is 0 Å². The number of aliphatic hydroxyl groups is 1. The van der Waals surface area contributed by atoms with E-state index in [2.05, 4.69) is 10.3 Å². The maximum Gasteiger partial charge on any atom is 0.337 e. The van der Waals surface area contributed by atoms with Crippen LogP contribution in [0.3, 0.4) is 0 Å². The molecular formula is C10H14N2O5. The summed E-state index contributed by atoms with van der Waals surface area (Å²) in [5.74, 6) is -1.57. The zero-order valence-corrected chi connectivity index (χ0v) is 9.56. The Hall–Kier alpha value is -1.89. The van der Waals surface area contributed by atoms with Crippen molar-refractivity contribution in [2.75, 3.05) is 6.54 Å². The zero-order chi connectivity index (χ0) is 13.1. The molecule has 3 N–H and O–H groups in total. The predicted octanol–water partition coefficient (Wildman–Crippen LogP) is -0.198. The average molecular weight is 242 g/mol. The normalized spacial score (nSPS) is 14.1. The molecule has 0 bridgehead atoms. The van der Waals surface area contributed by atoms with E-state index in [0.717, 1.165) is 13.3 Å². The highest BCUT2D eigenvalue weighted by Gasteiger charge is 2.31.